The Hall–Kier alpha value is -2.87. The minimum absolute atomic E-state index is 0.0220. The molecule has 0 spiro atoms. The lowest BCUT2D eigenvalue weighted by Gasteiger charge is -2.09. The molecule has 1 aromatic heterocycles. The van der Waals surface area contributed by atoms with Crippen molar-refractivity contribution in [3.8, 4) is 17.1 Å². The van der Waals surface area contributed by atoms with Gasteiger partial charge in [0.15, 0.2) is 11.0 Å². The van der Waals surface area contributed by atoms with E-state index in [1.54, 1.807) is 23.9 Å². The topological polar surface area (TPSA) is 83.1 Å². The molecule has 8 heteroatoms. The van der Waals surface area contributed by atoms with Gasteiger partial charge in [-0.25, -0.2) is 0 Å². The quantitative estimate of drug-likeness (QED) is 0.248. The van der Waals surface area contributed by atoms with Crippen LogP contribution in [0.5, 0.6) is 5.75 Å². The molecule has 0 saturated carbocycles. The number of aromatic nitrogens is 3. The Balaban J connectivity index is 1.63. The fraction of sp³-hybridized carbons (Fsp3) is 0.263. The molecule has 0 atom stereocenters. The van der Waals surface area contributed by atoms with E-state index in [1.165, 1.54) is 12.1 Å². The first-order valence-corrected chi connectivity index (χ1v) is 9.58. The van der Waals surface area contributed by atoms with E-state index < -0.39 is 4.92 Å². The van der Waals surface area contributed by atoms with Gasteiger partial charge in [0.05, 0.1) is 17.6 Å². The Morgan fingerprint density at radius 3 is 2.74 bits per heavy atom. The van der Waals surface area contributed by atoms with Gasteiger partial charge < -0.3 is 9.30 Å². The zero-order valence-electron chi connectivity index (χ0n) is 15.2. The first-order valence-electron chi connectivity index (χ1n) is 8.59. The van der Waals surface area contributed by atoms with Gasteiger partial charge in [-0.1, -0.05) is 42.1 Å². The van der Waals surface area contributed by atoms with Crippen LogP contribution in [0.1, 0.15) is 12.5 Å². The second-order valence-electron chi connectivity index (χ2n) is 5.82. The number of rotatable bonds is 8. The van der Waals surface area contributed by atoms with Crippen LogP contribution in [-0.2, 0) is 6.54 Å². The fourth-order valence-corrected chi connectivity index (χ4v) is 3.50. The molecule has 0 N–H and O–H groups in total. The van der Waals surface area contributed by atoms with Crippen molar-refractivity contribution in [3.63, 3.8) is 0 Å². The number of aryl methyl sites for hydroxylation is 1. The van der Waals surface area contributed by atoms with Gasteiger partial charge in [-0.15, -0.1) is 10.2 Å². The van der Waals surface area contributed by atoms with Crippen LogP contribution in [0.2, 0.25) is 0 Å². The van der Waals surface area contributed by atoms with Crippen LogP contribution in [-0.4, -0.2) is 32.0 Å². The van der Waals surface area contributed by atoms with E-state index in [1.807, 2.05) is 18.2 Å². The molecule has 0 aliphatic carbocycles. The summed E-state index contributed by atoms with van der Waals surface area (Å²) in [5.74, 6) is 2.01. The van der Waals surface area contributed by atoms with Crippen molar-refractivity contribution in [3.05, 3.63) is 64.2 Å². The number of ether oxygens (including phenoxy) is 1. The molecule has 0 bridgehead atoms. The minimum Gasteiger partial charge on any atom is -0.492 e. The van der Waals surface area contributed by atoms with E-state index in [0.717, 1.165) is 28.7 Å². The second-order valence-corrected chi connectivity index (χ2v) is 6.88. The zero-order valence-corrected chi connectivity index (χ0v) is 16.0. The third kappa shape index (κ3) is 4.46. The highest BCUT2D eigenvalue weighted by molar-refractivity contribution is 7.99. The summed E-state index contributed by atoms with van der Waals surface area (Å²) in [6.07, 6.45) is 0. The maximum absolute atomic E-state index is 10.8. The SMILES string of the molecule is CCn1c(SCCOc2cccc([N+](=O)[O-])c2)nnc1-c1ccccc1C. The van der Waals surface area contributed by atoms with Gasteiger partial charge >= 0.3 is 0 Å². The zero-order chi connectivity index (χ0) is 19.2. The monoisotopic (exact) mass is 384 g/mol. The van der Waals surface area contributed by atoms with Crippen molar-refractivity contribution < 1.29 is 9.66 Å². The number of hydrogen-bond acceptors (Lipinski definition) is 6. The number of thioether (sulfide) groups is 1. The van der Waals surface area contributed by atoms with Crippen molar-refractivity contribution >= 4 is 17.4 Å². The van der Waals surface area contributed by atoms with E-state index in [9.17, 15) is 10.1 Å². The highest BCUT2D eigenvalue weighted by atomic mass is 32.2. The first-order chi connectivity index (χ1) is 13.1. The molecular formula is C19H20N4O3S. The molecule has 0 unspecified atom stereocenters. The maximum atomic E-state index is 10.8. The van der Waals surface area contributed by atoms with Crippen LogP contribution < -0.4 is 4.74 Å². The van der Waals surface area contributed by atoms with Gasteiger partial charge in [-0.2, -0.15) is 0 Å². The standard InChI is InChI=1S/C19H20N4O3S/c1-3-22-18(17-10-5-4-7-14(17)2)20-21-19(22)27-12-11-26-16-9-6-8-15(13-16)23(24)25/h4-10,13H,3,11-12H2,1-2H3. The lowest BCUT2D eigenvalue weighted by Crippen LogP contribution is -2.04. The summed E-state index contributed by atoms with van der Waals surface area (Å²) in [6.45, 7) is 5.31. The van der Waals surface area contributed by atoms with Crippen LogP contribution in [0.15, 0.2) is 53.7 Å². The third-order valence-electron chi connectivity index (χ3n) is 4.03. The summed E-state index contributed by atoms with van der Waals surface area (Å²) in [4.78, 5) is 10.4. The predicted molar refractivity (Wildman–Crippen MR) is 105 cm³/mol. The number of nitrogens with zero attached hydrogens (tertiary/aromatic N) is 4. The minimum atomic E-state index is -0.432. The third-order valence-corrected chi connectivity index (χ3v) is 4.96. The van der Waals surface area contributed by atoms with Crippen LogP contribution in [0.4, 0.5) is 5.69 Å². The lowest BCUT2D eigenvalue weighted by molar-refractivity contribution is -0.384. The van der Waals surface area contributed by atoms with E-state index in [4.69, 9.17) is 4.74 Å². The normalized spacial score (nSPS) is 10.7. The molecule has 3 rings (SSSR count). The van der Waals surface area contributed by atoms with Crippen LogP contribution in [0.3, 0.4) is 0 Å². The van der Waals surface area contributed by atoms with E-state index in [0.29, 0.717) is 18.1 Å². The van der Waals surface area contributed by atoms with Crippen LogP contribution >= 0.6 is 11.8 Å². The molecule has 0 saturated heterocycles. The fourth-order valence-electron chi connectivity index (χ4n) is 2.68. The first kappa shape index (κ1) is 18.9. The summed E-state index contributed by atoms with van der Waals surface area (Å²) >= 11 is 1.55. The molecule has 0 aliphatic heterocycles. The van der Waals surface area contributed by atoms with Gasteiger partial charge in [0.1, 0.15) is 5.75 Å². The number of non-ortho nitro benzene ring substituents is 1. The Kier molecular flexibility index (Phi) is 6.08. The van der Waals surface area contributed by atoms with Crippen molar-refractivity contribution in [2.45, 2.75) is 25.5 Å². The maximum Gasteiger partial charge on any atom is 0.273 e. The number of nitro benzene ring substituents is 1. The van der Waals surface area contributed by atoms with Gasteiger partial charge in [0.2, 0.25) is 0 Å². The van der Waals surface area contributed by atoms with Crippen LogP contribution in [0.25, 0.3) is 11.4 Å². The second kappa shape index (κ2) is 8.68. The molecule has 3 aromatic rings. The molecular weight excluding hydrogens is 364 g/mol. The van der Waals surface area contributed by atoms with E-state index in [2.05, 4.69) is 34.7 Å². The molecule has 2 aromatic carbocycles. The van der Waals surface area contributed by atoms with Crippen molar-refractivity contribution in [1.29, 1.82) is 0 Å². The Bertz CT molecular complexity index is 942. The summed E-state index contributed by atoms with van der Waals surface area (Å²) in [5, 5.41) is 20.3. The molecule has 140 valence electrons. The predicted octanol–water partition coefficient (Wildman–Crippen LogP) is 4.35. The van der Waals surface area contributed by atoms with E-state index in [-0.39, 0.29) is 5.69 Å². The average molecular weight is 384 g/mol. The molecule has 7 nitrogen and oxygen atoms in total. The summed E-state index contributed by atoms with van der Waals surface area (Å²) in [6, 6.07) is 14.3. The number of nitro groups is 1. The number of hydrogen-bond donors (Lipinski definition) is 0. The average Bonchev–Trinajstić information content (AvgIpc) is 3.08. The molecule has 0 fully saturated rings. The highest BCUT2D eigenvalue weighted by Gasteiger charge is 2.14. The van der Waals surface area contributed by atoms with Gasteiger partial charge in [-0.3, -0.25) is 10.1 Å². The largest absolute Gasteiger partial charge is 0.492 e. The van der Waals surface area contributed by atoms with Gasteiger partial charge in [-0.05, 0) is 25.5 Å². The highest BCUT2D eigenvalue weighted by Crippen LogP contribution is 2.26. The van der Waals surface area contributed by atoms with Gasteiger partial charge in [0, 0.05) is 23.9 Å². The van der Waals surface area contributed by atoms with Gasteiger partial charge in [0.25, 0.3) is 5.69 Å². The van der Waals surface area contributed by atoms with Crippen LogP contribution in [0, 0.1) is 17.0 Å². The summed E-state index contributed by atoms with van der Waals surface area (Å²) < 4.78 is 7.70. The Labute approximate surface area is 161 Å². The van der Waals surface area contributed by atoms with Crippen molar-refractivity contribution in [1.82, 2.24) is 14.8 Å². The van der Waals surface area contributed by atoms with E-state index >= 15 is 0 Å². The Morgan fingerprint density at radius 1 is 1.19 bits per heavy atom. The smallest absolute Gasteiger partial charge is 0.273 e. The van der Waals surface area contributed by atoms with Crippen molar-refractivity contribution in [2.24, 2.45) is 0 Å². The summed E-state index contributed by atoms with van der Waals surface area (Å²) in [7, 11) is 0. The van der Waals surface area contributed by atoms with Crippen molar-refractivity contribution in [2.75, 3.05) is 12.4 Å². The molecule has 0 aliphatic rings. The molecule has 27 heavy (non-hydrogen) atoms. The molecule has 0 amide bonds. The molecule has 1 heterocycles. The lowest BCUT2D eigenvalue weighted by atomic mass is 10.1. The summed E-state index contributed by atoms with van der Waals surface area (Å²) in [5.41, 5.74) is 2.26. The molecule has 0 radical (unpaired) electrons. The Morgan fingerprint density at radius 2 is 2.00 bits per heavy atom. The number of benzene rings is 2.